The van der Waals surface area contributed by atoms with Gasteiger partial charge in [-0.15, -0.1) is 0 Å². The molecule has 0 bridgehead atoms. The molecule has 2 heterocycles. The monoisotopic (exact) mass is 194 g/mol. The lowest BCUT2D eigenvalue weighted by atomic mass is 10.1. The van der Waals surface area contributed by atoms with Gasteiger partial charge in [-0.25, -0.2) is 0 Å². The summed E-state index contributed by atoms with van der Waals surface area (Å²) in [6.07, 6.45) is 1.27. The third-order valence-electron chi connectivity index (χ3n) is 2.92. The average molecular weight is 194 g/mol. The van der Waals surface area contributed by atoms with Crippen molar-refractivity contribution in [1.82, 2.24) is 14.7 Å². The minimum absolute atomic E-state index is 0.633. The van der Waals surface area contributed by atoms with Crippen molar-refractivity contribution in [3.8, 4) is 0 Å². The summed E-state index contributed by atoms with van der Waals surface area (Å²) in [4.78, 5) is 2.37. The van der Waals surface area contributed by atoms with Crippen molar-refractivity contribution >= 4 is 5.82 Å². The van der Waals surface area contributed by atoms with Crippen LogP contribution in [-0.2, 0) is 6.54 Å². The second-order valence-electron chi connectivity index (χ2n) is 4.31. The van der Waals surface area contributed by atoms with Crippen molar-refractivity contribution in [3.05, 3.63) is 11.8 Å². The molecule has 1 aromatic rings. The molecule has 0 amide bonds. The fourth-order valence-electron chi connectivity index (χ4n) is 2.14. The van der Waals surface area contributed by atoms with Gasteiger partial charge in [0.25, 0.3) is 0 Å². The Morgan fingerprint density at radius 3 is 2.93 bits per heavy atom. The Balaban J connectivity index is 2.00. The largest absolute Gasteiger partial charge is 0.382 e. The van der Waals surface area contributed by atoms with Crippen molar-refractivity contribution < 1.29 is 0 Å². The van der Waals surface area contributed by atoms with Crippen LogP contribution in [0.4, 0.5) is 5.82 Å². The van der Waals surface area contributed by atoms with E-state index < -0.39 is 0 Å². The number of aryl methyl sites for hydroxylation is 1. The molecular weight excluding hydrogens is 176 g/mol. The Hall–Kier alpha value is -1.03. The minimum Gasteiger partial charge on any atom is -0.382 e. The molecule has 1 aliphatic rings. The highest BCUT2D eigenvalue weighted by molar-refractivity contribution is 5.28. The maximum Gasteiger partial charge on any atom is 0.145 e. The molecule has 1 fully saturated rings. The van der Waals surface area contributed by atoms with Crippen molar-refractivity contribution in [3.63, 3.8) is 0 Å². The van der Waals surface area contributed by atoms with Gasteiger partial charge in [0.05, 0.1) is 0 Å². The fourth-order valence-corrected chi connectivity index (χ4v) is 2.14. The third kappa shape index (κ3) is 1.90. The van der Waals surface area contributed by atoms with Gasteiger partial charge in [-0.2, -0.15) is 5.10 Å². The molecule has 2 rings (SSSR count). The highest BCUT2D eigenvalue weighted by atomic mass is 15.3. The van der Waals surface area contributed by atoms with E-state index in [0.29, 0.717) is 5.82 Å². The maximum atomic E-state index is 5.64. The van der Waals surface area contributed by atoms with Gasteiger partial charge in [-0.3, -0.25) is 4.68 Å². The summed E-state index contributed by atoms with van der Waals surface area (Å²) >= 11 is 0. The number of nitrogens with zero attached hydrogens (tertiary/aromatic N) is 3. The van der Waals surface area contributed by atoms with E-state index in [0.717, 1.165) is 18.2 Å². The normalized spacial score (nSPS) is 23.1. The van der Waals surface area contributed by atoms with Gasteiger partial charge in [0.2, 0.25) is 0 Å². The number of nitrogens with two attached hydrogens (primary N) is 1. The summed E-state index contributed by atoms with van der Waals surface area (Å²) in [5, 5.41) is 4.27. The minimum atomic E-state index is 0.633. The third-order valence-corrected chi connectivity index (χ3v) is 2.92. The van der Waals surface area contributed by atoms with Crippen molar-refractivity contribution in [2.45, 2.75) is 19.9 Å². The number of anilines is 1. The molecule has 1 aromatic heterocycles. The molecule has 4 nitrogen and oxygen atoms in total. The van der Waals surface area contributed by atoms with Gasteiger partial charge in [-0.05, 0) is 32.9 Å². The molecule has 0 aromatic carbocycles. The van der Waals surface area contributed by atoms with E-state index in [1.165, 1.54) is 19.5 Å². The first-order chi connectivity index (χ1) is 6.65. The number of hydrogen-bond donors (Lipinski definition) is 1. The zero-order valence-corrected chi connectivity index (χ0v) is 8.90. The summed E-state index contributed by atoms with van der Waals surface area (Å²) in [6, 6.07) is 1.93. The van der Waals surface area contributed by atoms with Crippen LogP contribution >= 0.6 is 0 Å². The van der Waals surface area contributed by atoms with Gasteiger partial charge in [0.1, 0.15) is 5.82 Å². The Bertz CT molecular complexity index is 318. The first-order valence-electron chi connectivity index (χ1n) is 5.13. The Morgan fingerprint density at radius 2 is 2.43 bits per heavy atom. The Kier molecular flexibility index (Phi) is 2.46. The molecular formula is C10H18N4. The molecule has 4 heteroatoms. The van der Waals surface area contributed by atoms with E-state index in [-0.39, 0.29) is 0 Å². The lowest BCUT2D eigenvalue weighted by Gasteiger charge is -2.11. The van der Waals surface area contributed by atoms with E-state index >= 15 is 0 Å². The smallest absolute Gasteiger partial charge is 0.145 e. The van der Waals surface area contributed by atoms with Gasteiger partial charge >= 0.3 is 0 Å². The zero-order chi connectivity index (χ0) is 10.1. The molecule has 2 N–H and O–H groups in total. The van der Waals surface area contributed by atoms with E-state index in [1.54, 1.807) is 0 Å². The molecule has 0 saturated carbocycles. The molecule has 0 radical (unpaired) electrons. The quantitative estimate of drug-likeness (QED) is 0.755. The lowest BCUT2D eigenvalue weighted by molar-refractivity contribution is 0.368. The molecule has 0 spiro atoms. The lowest BCUT2D eigenvalue weighted by Crippen LogP contribution is -2.18. The fraction of sp³-hybridized carbons (Fsp3) is 0.700. The van der Waals surface area contributed by atoms with E-state index in [4.69, 9.17) is 5.73 Å². The molecule has 78 valence electrons. The number of rotatable bonds is 2. The van der Waals surface area contributed by atoms with E-state index in [1.807, 2.05) is 10.7 Å². The highest BCUT2D eigenvalue weighted by Crippen LogP contribution is 2.17. The van der Waals surface area contributed by atoms with Crippen LogP contribution in [0.2, 0.25) is 0 Å². The molecule has 0 aliphatic carbocycles. The number of nitrogen functional groups attached to an aromatic ring is 1. The Labute approximate surface area is 84.7 Å². The van der Waals surface area contributed by atoms with Crippen LogP contribution in [0.5, 0.6) is 0 Å². The summed E-state index contributed by atoms with van der Waals surface area (Å²) in [7, 11) is 2.17. The van der Waals surface area contributed by atoms with Gasteiger partial charge in [-0.1, -0.05) is 0 Å². The Morgan fingerprint density at radius 1 is 1.64 bits per heavy atom. The first-order valence-corrected chi connectivity index (χ1v) is 5.13. The van der Waals surface area contributed by atoms with Crippen LogP contribution in [0.3, 0.4) is 0 Å². The average Bonchev–Trinajstić information content (AvgIpc) is 2.61. The summed E-state index contributed by atoms with van der Waals surface area (Å²) in [6.45, 7) is 5.45. The van der Waals surface area contributed by atoms with Crippen molar-refractivity contribution in [2.75, 3.05) is 25.9 Å². The molecule has 14 heavy (non-hydrogen) atoms. The predicted molar refractivity (Wildman–Crippen MR) is 57.0 cm³/mol. The standard InChI is InChI=1S/C10H18N4/c1-8-5-10(11)12-14(8)7-9-3-4-13(2)6-9/h5,9H,3-4,6-7H2,1-2H3,(H2,11,12). The summed E-state index contributed by atoms with van der Waals surface area (Å²) in [5.74, 6) is 1.37. The molecule has 1 saturated heterocycles. The maximum absolute atomic E-state index is 5.64. The summed E-state index contributed by atoms with van der Waals surface area (Å²) < 4.78 is 2.03. The van der Waals surface area contributed by atoms with Crippen LogP contribution in [0.25, 0.3) is 0 Å². The van der Waals surface area contributed by atoms with E-state index in [9.17, 15) is 0 Å². The van der Waals surface area contributed by atoms with Crippen LogP contribution in [-0.4, -0.2) is 34.8 Å². The molecule has 1 atom stereocenters. The second kappa shape index (κ2) is 3.61. The van der Waals surface area contributed by atoms with Gasteiger partial charge in [0.15, 0.2) is 0 Å². The SMILES string of the molecule is Cc1cc(N)nn1CC1CCN(C)C1. The predicted octanol–water partition coefficient (Wildman–Crippen LogP) is 0.725. The number of aromatic nitrogens is 2. The van der Waals surface area contributed by atoms with Crippen LogP contribution < -0.4 is 5.73 Å². The molecule has 1 aliphatic heterocycles. The molecule has 1 unspecified atom stereocenters. The van der Waals surface area contributed by atoms with Crippen molar-refractivity contribution in [1.29, 1.82) is 0 Å². The van der Waals surface area contributed by atoms with E-state index in [2.05, 4.69) is 24.0 Å². The number of hydrogen-bond acceptors (Lipinski definition) is 3. The zero-order valence-electron chi connectivity index (χ0n) is 8.90. The second-order valence-corrected chi connectivity index (χ2v) is 4.31. The van der Waals surface area contributed by atoms with Gasteiger partial charge in [0, 0.05) is 24.8 Å². The summed E-state index contributed by atoms with van der Waals surface area (Å²) in [5.41, 5.74) is 6.80. The van der Waals surface area contributed by atoms with Crippen LogP contribution in [0, 0.1) is 12.8 Å². The van der Waals surface area contributed by atoms with Crippen LogP contribution in [0.15, 0.2) is 6.07 Å². The van der Waals surface area contributed by atoms with Crippen LogP contribution in [0.1, 0.15) is 12.1 Å². The number of likely N-dealkylation sites (tertiary alicyclic amines) is 1. The highest BCUT2D eigenvalue weighted by Gasteiger charge is 2.20. The van der Waals surface area contributed by atoms with Gasteiger partial charge < -0.3 is 10.6 Å². The van der Waals surface area contributed by atoms with Crippen molar-refractivity contribution in [2.24, 2.45) is 5.92 Å². The first kappa shape index (κ1) is 9.52. The topological polar surface area (TPSA) is 47.1 Å².